The largest absolute Gasteiger partial charge is 0.497 e. The fraction of sp³-hybridized carbons (Fsp3) is 0.286. The van der Waals surface area contributed by atoms with E-state index in [9.17, 15) is 4.79 Å². The summed E-state index contributed by atoms with van der Waals surface area (Å²) in [5, 5.41) is 3.99. The highest BCUT2D eigenvalue weighted by atomic mass is 32.2. The van der Waals surface area contributed by atoms with Crippen molar-refractivity contribution >= 4 is 34.3 Å². The summed E-state index contributed by atoms with van der Waals surface area (Å²) in [4.78, 5) is 18.3. The number of methoxy groups -OCH3 is 1. The molecule has 0 bridgehead atoms. The first-order valence-corrected chi connectivity index (χ1v) is 10.2. The van der Waals surface area contributed by atoms with Crippen LogP contribution in [0.5, 0.6) is 5.75 Å². The van der Waals surface area contributed by atoms with Crippen LogP contribution in [0.3, 0.4) is 0 Å². The lowest BCUT2D eigenvalue weighted by atomic mass is 10.2. The molecule has 1 amide bonds. The van der Waals surface area contributed by atoms with Crippen molar-refractivity contribution in [2.45, 2.75) is 6.54 Å². The minimum absolute atomic E-state index is 0.142. The second-order valence-corrected chi connectivity index (χ2v) is 7.90. The number of H-pyrrole nitrogens is 1. The fourth-order valence-electron chi connectivity index (χ4n) is 3.32. The van der Waals surface area contributed by atoms with Gasteiger partial charge in [0.1, 0.15) is 11.4 Å². The summed E-state index contributed by atoms with van der Waals surface area (Å²) in [5.74, 6) is 3.01. The second-order valence-electron chi connectivity index (χ2n) is 6.68. The average Bonchev–Trinajstić information content (AvgIpc) is 3.12. The molecule has 1 fully saturated rings. The topological polar surface area (TPSA) is 57.4 Å². The number of nitrogens with zero attached hydrogens (tertiary/aromatic N) is 1. The van der Waals surface area contributed by atoms with Gasteiger partial charge < -0.3 is 15.0 Å². The van der Waals surface area contributed by atoms with Crippen molar-refractivity contribution < 1.29 is 9.53 Å². The number of aromatic nitrogens is 1. The maximum atomic E-state index is 12.7. The molecule has 2 aromatic carbocycles. The number of thioether (sulfide) groups is 1. The summed E-state index contributed by atoms with van der Waals surface area (Å²) in [6.45, 7) is 3.18. The Morgan fingerprint density at radius 1 is 1.19 bits per heavy atom. The van der Waals surface area contributed by atoms with Crippen LogP contribution in [0.2, 0.25) is 0 Å². The molecule has 4 rings (SSSR count). The van der Waals surface area contributed by atoms with Crippen LogP contribution in [-0.2, 0) is 6.54 Å². The lowest BCUT2D eigenvalue weighted by Gasteiger charge is -2.26. The lowest BCUT2D eigenvalue weighted by molar-refractivity contribution is 0.102. The minimum Gasteiger partial charge on any atom is -0.497 e. The van der Waals surface area contributed by atoms with Crippen molar-refractivity contribution in [3.8, 4) is 5.75 Å². The van der Waals surface area contributed by atoms with E-state index in [4.69, 9.17) is 4.74 Å². The van der Waals surface area contributed by atoms with Crippen molar-refractivity contribution in [2.24, 2.45) is 0 Å². The summed E-state index contributed by atoms with van der Waals surface area (Å²) in [5.41, 5.74) is 3.47. The number of ether oxygens (including phenoxy) is 1. The highest BCUT2D eigenvalue weighted by Gasteiger charge is 2.13. The zero-order valence-electron chi connectivity index (χ0n) is 15.3. The number of fused-ring (bicyclic) bond motifs is 1. The van der Waals surface area contributed by atoms with Gasteiger partial charge in [0, 0.05) is 53.8 Å². The molecule has 6 heteroatoms. The van der Waals surface area contributed by atoms with Crippen LogP contribution in [0.25, 0.3) is 10.9 Å². The summed E-state index contributed by atoms with van der Waals surface area (Å²) in [6, 6.07) is 15.7. The van der Waals surface area contributed by atoms with Crippen molar-refractivity contribution in [3.63, 3.8) is 0 Å². The first-order chi connectivity index (χ1) is 13.2. The smallest absolute Gasteiger partial charge is 0.272 e. The lowest BCUT2D eigenvalue weighted by Crippen LogP contribution is -2.31. The molecule has 0 spiro atoms. The van der Waals surface area contributed by atoms with Crippen LogP contribution in [0, 0.1) is 0 Å². The van der Waals surface area contributed by atoms with Gasteiger partial charge in [0.25, 0.3) is 5.91 Å². The summed E-state index contributed by atoms with van der Waals surface area (Å²) in [6.07, 6.45) is 0. The number of aromatic amines is 1. The van der Waals surface area contributed by atoms with Gasteiger partial charge in [-0.05, 0) is 35.9 Å². The fourth-order valence-corrected chi connectivity index (χ4v) is 4.30. The number of nitrogens with one attached hydrogen (secondary N) is 2. The number of rotatable bonds is 5. The molecule has 0 unspecified atom stereocenters. The third-order valence-corrected chi connectivity index (χ3v) is 5.71. The number of benzene rings is 2. The molecule has 0 radical (unpaired) electrons. The van der Waals surface area contributed by atoms with Crippen LogP contribution >= 0.6 is 11.8 Å². The van der Waals surface area contributed by atoms with Crippen LogP contribution < -0.4 is 10.1 Å². The van der Waals surface area contributed by atoms with E-state index in [2.05, 4.69) is 27.3 Å². The Balaban J connectivity index is 1.46. The number of carbonyl (C=O) groups excluding carboxylic acids is 1. The molecule has 140 valence electrons. The van der Waals surface area contributed by atoms with Gasteiger partial charge in [-0.25, -0.2) is 0 Å². The molecular weight excluding hydrogens is 358 g/mol. The van der Waals surface area contributed by atoms with Gasteiger partial charge >= 0.3 is 0 Å². The number of anilines is 1. The zero-order chi connectivity index (χ0) is 18.6. The molecule has 27 heavy (non-hydrogen) atoms. The van der Waals surface area contributed by atoms with E-state index in [1.807, 2.05) is 48.2 Å². The molecule has 1 saturated heterocycles. The molecule has 0 aliphatic carbocycles. The van der Waals surface area contributed by atoms with Gasteiger partial charge in [-0.15, -0.1) is 0 Å². The highest BCUT2D eigenvalue weighted by molar-refractivity contribution is 7.99. The summed E-state index contributed by atoms with van der Waals surface area (Å²) in [7, 11) is 1.63. The maximum Gasteiger partial charge on any atom is 0.272 e. The normalized spacial score (nSPS) is 15.0. The van der Waals surface area contributed by atoms with Gasteiger partial charge in [0.05, 0.1) is 7.11 Å². The molecule has 0 saturated carbocycles. The third kappa shape index (κ3) is 4.28. The monoisotopic (exact) mass is 381 g/mol. The summed E-state index contributed by atoms with van der Waals surface area (Å²) < 4.78 is 5.24. The van der Waals surface area contributed by atoms with Crippen molar-refractivity contribution in [2.75, 3.05) is 37.0 Å². The molecule has 0 atom stereocenters. The summed E-state index contributed by atoms with van der Waals surface area (Å²) >= 11 is 2.01. The minimum atomic E-state index is -0.142. The Labute approximate surface area is 163 Å². The Kier molecular flexibility index (Phi) is 5.36. The van der Waals surface area contributed by atoms with Gasteiger partial charge in [0.15, 0.2) is 0 Å². The molecule has 1 aliphatic rings. The standard InChI is InChI=1S/C21H23N3O2S/c1-26-18-6-5-16-12-20(23-19(16)13-18)21(25)22-17-4-2-3-15(11-17)14-24-7-9-27-10-8-24/h2-6,11-13,23H,7-10,14H2,1H3,(H,22,25). The van der Waals surface area contributed by atoms with Gasteiger partial charge in [-0.1, -0.05) is 12.1 Å². The SMILES string of the molecule is COc1ccc2cc(C(=O)Nc3cccc(CN4CCSCC4)c3)[nH]c2c1. The van der Waals surface area contributed by atoms with Gasteiger partial charge in [-0.2, -0.15) is 11.8 Å². The predicted octanol–water partition coefficient (Wildman–Crippen LogP) is 3.98. The molecule has 5 nitrogen and oxygen atoms in total. The Morgan fingerprint density at radius 3 is 2.85 bits per heavy atom. The molecule has 3 aromatic rings. The van der Waals surface area contributed by atoms with E-state index in [0.29, 0.717) is 5.69 Å². The Bertz CT molecular complexity index is 948. The maximum absolute atomic E-state index is 12.7. The highest BCUT2D eigenvalue weighted by Crippen LogP contribution is 2.22. The Morgan fingerprint density at radius 2 is 2.04 bits per heavy atom. The Hall–Kier alpha value is -2.44. The van der Waals surface area contributed by atoms with E-state index in [0.717, 1.165) is 42.0 Å². The number of amides is 1. The van der Waals surface area contributed by atoms with Crippen molar-refractivity contribution in [3.05, 3.63) is 59.8 Å². The quantitative estimate of drug-likeness (QED) is 0.702. The number of hydrogen-bond acceptors (Lipinski definition) is 4. The second kappa shape index (κ2) is 8.06. The van der Waals surface area contributed by atoms with Crippen LogP contribution in [-0.4, -0.2) is 47.5 Å². The van der Waals surface area contributed by atoms with E-state index in [1.165, 1.54) is 17.1 Å². The van der Waals surface area contributed by atoms with Crippen LogP contribution in [0.4, 0.5) is 5.69 Å². The van der Waals surface area contributed by atoms with Crippen LogP contribution in [0.1, 0.15) is 16.1 Å². The molecule has 1 aromatic heterocycles. The molecule has 1 aliphatic heterocycles. The van der Waals surface area contributed by atoms with Crippen LogP contribution in [0.15, 0.2) is 48.5 Å². The van der Waals surface area contributed by atoms with E-state index >= 15 is 0 Å². The first-order valence-electron chi connectivity index (χ1n) is 9.08. The van der Waals surface area contributed by atoms with Gasteiger partial charge in [-0.3, -0.25) is 9.69 Å². The number of carbonyl (C=O) groups is 1. The van der Waals surface area contributed by atoms with E-state index in [1.54, 1.807) is 7.11 Å². The van der Waals surface area contributed by atoms with E-state index < -0.39 is 0 Å². The first kappa shape index (κ1) is 17.9. The molecule has 2 heterocycles. The third-order valence-electron chi connectivity index (χ3n) is 4.77. The van der Waals surface area contributed by atoms with Crippen molar-refractivity contribution in [1.82, 2.24) is 9.88 Å². The molecular formula is C21H23N3O2S. The van der Waals surface area contributed by atoms with Gasteiger partial charge in [0.2, 0.25) is 0 Å². The van der Waals surface area contributed by atoms with Crippen molar-refractivity contribution in [1.29, 1.82) is 0 Å². The number of hydrogen-bond donors (Lipinski definition) is 2. The average molecular weight is 382 g/mol. The van der Waals surface area contributed by atoms with E-state index in [-0.39, 0.29) is 5.91 Å². The molecule has 2 N–H and O–H groups in total. The zero-order valence-corrected chi connectivity index (χ0v) is 16.1. The predicted molar refractivity (Wildman–Crippen MR) is 112 cm³/mol.